The minimum absolute atomic E-state index is 0.00296. The second-order valence-corrected chi connectivity index (χ2v) is 3.95. The zero-order chi connectivity index (χ0) is 12.8. The summed E-state index contributed by atoms with van der Waals surface area (Å²) in [5.41, 5.74) is 0. The lowest BCUT2D eigenvalue weighted by Gasteiger charge is -2.12. The Morgan fingerprint density at radius 2 is 2.06 bits per heavy atom. The molecule has 1 unspecified atom stereocenters. The highest BCUT2D eigenvalue weighted by Crippen LogP contribution is 2.14. The molecule has 0 aliphatic heterocycles. The zero-order valence-electron chi connectivity index (χ0n) is 11.1. The van der Waals surface area contributed by atoms with Gasteiger partial charge in [0.15, 0.2) is 5.82 Å². The van der Waals surface area contributed by atoms with Crippen molar-refractivity contribution < 1.29 is 9.53 Å². The fourth-order valence-corrected chi connectivity index (χ4v) is 1.70. The normalized spacial score (nSPS) is 12.5. The van der Waals surface area contributed by atoms with Crippen molar-refractivity contribution in [2.75, 3.05) is 6.61 Å². The number of nitrogens with zero attached hydrogens (tertiary/aromatic N) is 3. The molecule has 5 heteroatoms. The Kier molecular flexibility index (Phi) is 5.12. The summed E-state index contributed by atoms with van der Waals surface area (Å²) in [4.78, 5) is 15.8. The molecule has 1 aromatic heterocycles. The Hall–Kier alpha value is -1.39. The Bertz CT molecular complexity index is 374. The molecule has 0 fully saturated rings. The highest BCUT2D eigenvalue weighted by Gasteiger charge is 2.16. The molecule has 1 aromatic rings. The van der Waals surface area contributed by atoms with Gasteiger partial charge >= 0.3 is 5.97 Å². The van der Waals surface area contributed by atoms with E-state index in [1.165, 1.54) is 0 Å². The summed E-state index contributed by atoms with van der Waals surface area (Å²) in [6.07, 6.45) is 1.97. The van der Waals surface area contributed by atoms with Crippen LogP contribution in [-0.4, -0.2) is 27.3 Å². The number of hydrogen-bond acceptors (Lipinski definition) is 4. The van der Waals surface area contributed by atoms with Gasteiger partial charge in [-0.3, -0.25) is 4.79 Å². The molecule has 0 saturated heterocycles. The first-order valence-electron chi connectivity index (χ1n) is 6.22. The van der Waals surface area contributed by atoms with Gasteiger partial charge < -0.3 is 4.74 Å². The van der Waals surface area contributed by atoms with Gasteiger partial charge in [-0.15, -0.1) is 0 Å². The number of esters is 1. The predicted molar refractivity (Wildman–Crippen MR) is 64.7 cm³/mol. The van der Waals surface area contributed by atoms with E-state index >= 15 is 0 Å². The van der Waals surface area contributed by atoms with E-state index in [0.717, 1.165) is 24.5 Å². The smallest absolute Gasteiger partial charge is 0.307 e. The summed E-state index contributed by atoms with van der Waals surface area (Å²) in [6, 6.07) is -0.00296. The third kappa shape index (κ3) is 3.54. The first kappa shape index (κ1) is 13.7. The third-order valence-electron chi connectivity index (χ3n) is 2.56. The SMILES string of the molecule is CCOC(=O)CC(C)n1nc(CC)nc1CC. The number of hydrogen-bond donors (Lipinski definition) is 0. The van der Waals surface area contributed by atoms with Crippen LogP contribution in [0.4, 0.5) is 0 Å². The van der Waals surface area contributed by atoms with Crippen molar-refractivity contribution in [3.8, 4) is 0 Å². The Morgan fingerprint density at radius 1 is 1.35 bits per heavy atom. The molecule has 0 aliphatic carbocycles. The van der Waals surface area contributed by atoms with Crippen molar-refractivity contribution in [3.63, 3.8) is 0 Å². The molecule has 0 aliphatic rings. The van der Waals surface area contributed by atoms with Crippen LogP contribution in [0.15, 0.2) is 0 Å². The highest BCUT2D eigenvalue weighted by atomic mass is 16.5. The second-order valence-electron chi connectivity index (χ2n) is 3.95. The minimum atomic E-state index is -0.185. The van der Waals surface area contributed by atoms with Crippen LogP contribution in [0.5, 0.6) is 0 Å². The predicted octanol–water partition coefficient (Wildman–Crippen LogP) is 1.92. The molecule has 0 spiro atoms. The lowest BCUT2D eigenvalue weighted by Crippen LogP contribution is -2.16. The van der Waals surface area contributed by atoms with Crippen LogP contribution in [-0.2, 0) is 22.4 Å². The van der Waals surface area contributed by atoms with Gasteiger partial charge in [0.2, 0.25) is 0 Å². The summed E-state index contributed by atoms with van der Waals surface area (Å²) in [7, 11) is 0. The molecule has 0 saturated carbocycles. The van der Waals surface area contributed by atoms with Gasteiger partial charge in [0, 0.05) is 12.8 Å². The lowest BCUT2D eigenvalue weighted by molar-refractivity contribution is -0.144. The first-order chi connectivity index (χ1) is 8.12. The van der Waals surface area contributed by atoms with E-state index in [1.807, 2.05) is 32.4 Å². The van der Waals surface area contributed by atoms with Crippen LogP contribution in [0.25, 0.3) is 0 Å². The monoisotopic (exact) mass is 239 g/mol. The second kappa shape index (κ2) is 6.37. The van der Waals surface area contributed by atoms with E-state index in [1.54, 1.807) is 0 Å². The van der Waals surface area contributed by atoms with E-state index < -0.39 is 0 Å². The van der Waals surface area contributed by atoms with E-state index in [9.17, 15) is 4.79 Å². The summed E-state index contributed by atoms with van der Waals surface area (Å²) >= 11 is 0. The van der Waals surface area contributed by atoms with Crippen molar-refractivity contribution in [1.29, 1.82) is 0 Å². The first-order valence-corrected chi connectivity index (χ1v) is 6.22. The zero-order valence-corrected chi connectivity index (χ0v) is 11.1. The van der Waals surface area contributed by atoms with E-state index in [0.29, 0.717) is 13.0 Å². The fraction of sp³-hybridized carbons (Fsp3) is 0.750. The van der Waals surface area contributed by atoms with Crippen molar-refractivity contribution in [1.82, 2.24) is 14.8 Å². The minimum Gasteiger partial charge on any atom is -0.466 e. The van der Waals surface area contributed by atoms with Gasteiger partial charge in [-0.25, -0.2) is 9.67 Å². The van der Waals surface area contributed by atoms with Crippen molar-refractivity contribution in [3.05, 3.63) is 11.6 Å². The molecule has 0 amide bonds. The maximum atomic E-state index is 11.4. The van der Waals surface area contributed by atoms with Gasteiger partial charge in [-0.05, 0) is 13.8 Å². The fourth-order valence-electron chi connectivity index (χ4n) is 1.70. The summed E-state index contributed by atoms with van der Waals surface area (Å²) < 4.78 is 6.78. The van der Waals surface area contributed by atoms with Gasteiger partial charge in [-0.1, -0.05) is 13.8 Å². The Labute approximate surface area is 102 Å². The maximum Gasteiger partial charge on any atom is 0.307 e. The largest absolute Gasteiger partial charge is 0.466 e. The van der Waals surface area contributed by atoms with E-state index in [2.05, 4.69) is 10.1 Å². The van der Waals surface area contributed by atoms with E-state index in [4.69, 9.17) is 4.74 Å². The molecule has 96 valence electrons. The van der Waals surface area contributed by atoms with Crippen LogP contribution in [0.3, 0.4) is 0 Å². The molecule has 0 N–H and O–H groups in total. The molecule has 1 atom stereocenters. The highest BCUT2D eigenvalue weighted by molar-refractivity contribution is 5.69. The van der Waals surface area contributed by atoms with Crippen LogP contribution < -0.4 is 0 Å². The molecule has 1 heterocycles. The lowest BCUT2D eigenvalue weighted by atomic mass is 10.2. The molecule has 1 rings (SSSR count). The number of ether oxygens (including phenoxy) is 1. The molecule has 0 bridgehead atoms. The van der Waals surface area contributed by atoms with Gasteiger partial charge in [0.05, 0.1) is 19.1 Å². The van der Waals surface area contributed by atoms with Crippen LogP contribution in [0, 0.1) is 0 Å². The summed E-state index contributed by atoms with van der Waals surface area (Å²) in [5.74, 6) is 1.58. The number of aromatic nitrogens is 3. The topological polar surface area (TPSA) is 57.0 Å². The Morgan fingerprint density at radius 3 is 2.59 bits per heavy atom. The van der Waals surface area contributed by atoms with Gasteiger partial charge in [0.1, 0.15) is 5.82 Å². The molecular formula is C12H21N3O2. The molecule has 17 heavy (non-hydrogen) atoms. The van der Waals surface area contributed by atoms with Crippen LogP contribution in [0.2, 0.25) is 0 Å². The molecule has 5 nitrogen and oxygen atoms in total. The average Bonchev–Trinajstić information content (AvgIpc) is 2.72. The van der Waals surface area contributed by atoms with Crippen LogP contribution in [0.1, 0.15) is 51.8 Å². The van der Waals surface area contributed by atoms with E-state index in [-0.39, 0.29) is 12.0 Å². The Balaban J connectivity index is 2.76. The number of rotatable bonds is 6. The van der Waals surface area contributed by atoms with Gasteiger partial charge in [0.25, 0.3) is 0 Å². The molecule has 0 aromatic carbocycles. The maximum absolute atomic E-state index is 11.4. The quantitative estimate of drug-likeness (QED) is 0.712. The number of carbonyl (C=O) groups excluding carboxylic acids is 1. The third-order valence-corrected chi connectivity index (χ3v) is 2.56. The van der Waals surface area contributed by atoms with Crippen LogP contribution >= 0.6 is 0 Å². The van der Waals surface area contributed by atoms with Crippen molar-refractivity contribution in [2.45, 2.75) is 53.0 Å². The van der Waals surface area contributed by atoms with Gasteiger partial charge in [-0.2, -0.15) is 5.10 Å². The van der Waals surface area contributed by atoms with Crippen molar-refractivity contribution in [2.24, 2.45) is 0 Å². The summed E-state index contributed by atoms with van der Waals surface area (Å²) in [5, 5.41) is 4.41. The standard InChI is InChI=1S/C12H21N3O2/c1-5-10-13-11(6-2)15(14-10)9(4)8-12(16)17-7-3/h9H,5-8H2,1-4H3. The number of carbonyl (C=O) groups is 1. The average molecular weight is 239 g/mol. The molecular weight excluding hydrogens is 218 g/mol. The van der Waals surface area contributed by atoms with Crippen molar-refractivity contribution >= 4 is 5.97 Å². The summed E-state index contributed by atoms with van der Waals surface area (Å²) in [6.45, 7) is 8.25. The molecule has 0 radical (unpaired) electrons. The number of aryl methyl sites for hydroxylation is 2.